The fourth-order valence-corrected chi connectivity index (χ4v) is 3.68. The molecule has 0 N–H and O–H groups in total. The largest absolute Gasteiger partial charge is 0.392 e. The Morgan fingerprint density at radius 3 is 1.56 bits per heavy atom. The highest BCUT2D eigenvalue weighted by Gasteiger charge is 2.34. The SMILES string of the molecule is C=C(C)[C@@H]1CC=C(C)[C@H](C(=O)OC(=O)[C@@H]2C[C@H](C(=C)C)CC=C2C)C1. The Kier molecular flexibility index (Phi) is 6.21. The van der Waals surface area contributed by atoms with E-state index in [1.165, 1.54) is 0 Å². The maximum Gasteiger partial charge on any atom is 0.320 e. The molecule has 3 heteroatoms. The lowest BCUT2D eigenvalue weighted by atomic mass is 9.78. The van der Waals surface area contributed by atoms with Gasteiger partial charge in [-0.3, -0.25) is 9.59 Å². The smallest absolute Gasteiger partial charge is 0.320 e. The van der Waals surface area contributed by atoms with Gasteiger partial charge in [-0.05, 0) is 65.2 Å². The molecular formula is C22H30O3. The third-order valence-electron chi connectivity index (χ3n) is 5.75. The summed E-state index contributed by atoms with van der Waals surface area (Å²) in [5.74, 6) is -0.973. The summed E-state index contributed by atoms with van der Waals surface area (Å²) < 4.78 is 5.31. The molecule has 0 heterocycles. The van der Waals surface area contributed by atoms with Crippen molar-refractivity contribution in [2.75, 3.05) is 0 Å². The topological polar surface area (TPSA) is 43.4 Å². The molecule has 0 radical (unpaired) electrons. The van der Waals surface area contributed by atoms with Gasteiger partial charge in [-0.15, -0.1) is 0 Å². The van der Waals surface area contributed by atoms with E-state index in [1.807, 2.05) is 27.7 Å². The van der Waals surface area contributed by atoms with Gasteiger partial charge >= 0.3 is 11.9 Å². The van der Waals surface area contributed by atoms with Crippen LogP contribution in [0.4, 0.5) is 0 Å². The zero-order chi connectivity index (χ0) is 18.7. The molecule has 136 valence electrons. The highest BCUT2D eigenvalue weighted by atomic mass is 16.6. The number of carbonyl (C=O) groups excluding carboxylic acids is 2. The van der Waals surface area contributed by atoms with Crippen molar-refractivity contribution in [1.82, 2.24) is 0 Å². The van der Waals surface area contributed by atoms with Crippen LogP contribution in [0.5, 0.6) is 0 Å². The summed E-state index contributed by atoms with van der Waals surface area (Å²) in [4.78, 5) is 25.2. The van der Waals surface area contributed by atoms with Gasteiger partial charge in [0.1, 0.15) is 0 Å². The van der Waals surface area contributed by atoms with E-state index in [4.69, 9.17) is 4.74 Å². The first-order valence-electron chi connectivity index (χ1n) is 9.10. The highest BCUT2D eigenvalue weighted by Crippen LogP contribution is 2.36. The van der Waals surface area contributed by atoms with Crippen molar-refractivity contribution in [2.45, 2.75) is 53.4 Å². The lowest BCUT2D eigenvalue weighted by Crippen LogP contribution is -2.31. The zero-order valence-corrected chi connectivity index (χ0v) is 15.9. The Labute approximate surface area is 151 Å². The second kappa shape index (κ2) is 7.99. The molecule has 0 bridgehead atoms. The van der Waals surface area contributed by atoms with Crippen LogP contribution in [-0.2, 0) is 14.3 Å². The Morgan fingerprint density at radius 1 is 0.880 bits per heavy atom. The molecule has 0 aliphatic heterocycles. The van der Waals surface area contributed by atoms with Crippen molar-refractivity contribution in [3.63, 3.8) is 0 Å². The minimum absolute atomic E-state index is 0.278. The average molecular weight is 342 g/mol. The maximum absolute atomic E-state index is 12.6. The van der Waals surface area contributed by atoms with Gasteiger partial charge in [-0.25, -0.2) is 0 Å². The number of hydrogen-bond acceptors (Lipinski definition) is 3. The first kappa shape index (κ1) is 19.4. The van der Waals surface area contributed by atoms with Gasteiger partial charge in [0.15, 0.2) is 0 Å². The Morgan fingerprint density at radius 2 is 1.24 bits per heavy atom. The molecule has 0 aromatic heterocycles. The standard InChI is InChI=1S/C22H30O3/c1-13(2)17-9-7-15(5)19(11-17)21(23)25-22(24)20-12-18(14(3)4)10-8-16(20)6/h7-8,17-20H,1,3,9-12H2,2,4-6H3/t17-,18-,19-,20-/m1/s1. The molecule has 2 aliphatic rings. The van der Waals surface area contributed by atoms with Gasteiger partial charge in [0.05, 0.1) is 11.8 Å². The molecule has 0 saturated heterocycles. The van der Waals surface area contributed by atoms with E-state index >= 15 is 0 Å². The number of allylic oxidation sites excluding steroid dienone is 4. The molecule has 4 atom stereocenters. The van der Waals surface area contributed by atoms with Gasteiger partial charge in [0.25, 0.3) is 0 Å². The minimum atomic E-state index is -0.421. The van der Waals surface area contributed by atoms with Crippen LogP contribution in [0.2, 0.25) is 0 Å². The van der Waals surface area contributed by atoms with Gasteiger partial charge < -0.3 is 4.74 Å². The summed E-state index contributed by atoms with van der Waals surface area (Å²) in [5, 5.41) is 0. The molecule has 25 heavy (non-hydrogen) atoms. The second-order valence-corrected chi connectivity index (χ2v) is 7.77. The van der Waals surface area contributed by atoms with Crippen LogP contribution >= 0.6 is 0 Å². The van der Waals surface area contributed by atoms with E-state index in [0.717, 1.165) is 35.1 Å². The fraction of sp³-hybridized carbons (Fsp3) is 0.545. The summed E-state index contributed by atoms with van der Waals surface area (Å²) in [7, 11) is 0. The van der Waals surface area contributed by atoms with E-state index in [1.54, 1.807) is 0 Å². The highest BCUT2D eigenvalue weighted by molar-refractivity contribution is 5.90. The average Bonchev–Trinajstić information content (AvgIpc) is 2.54. The molecule has 0 aromatic carbocycles. The summed E-state index contributed by atoms with van der Waals surface area (Å²) in [5.41, 5.74) is 4.13. The summed E-state index contributed by atoms with van der Waals surface area (Å²) in [6.45, 7) is 15.9. The number of ether oxygens (including phenoxy) is 1. The van der Waals surface area contributed by atoms with Crippen molar-refractivity contribution in [1.29, 1.82) is 0 Å². The van der Waals surface area contributed by atoms with Crippen molar-refractivity contribution < 1.29 is 14.3 Å². The third kappa shape index (κ3) is 4.59. The lowest BCUT2D eigenvalue weighted by Gasteiger charge is -2.29. The summed E-state index contributed by atoms with van der Waals surface area (Å²) >= 11 is 0. The molecule has 2 rings (SSSR count). The van der Waals surface area contributed by atoms with Gasteiger partial charge in [0, 0.05) is 0 Å². The maximum atomic E-state index is 12.6. The molecular weight excluding hydrogens is 312 g/mol. The van der Waals surface area contributed by atoms with Crippen LogP contribution in [0, 0.1) is 23.7 Å². The van der Waals surface area contributed by atoms with E-state index in [-0.39, 0.29) is 23.7 Å². The number of esters is 2. The summed E-state index contributed by atoms with van der Waals surface area (Å²) in [6.07, 6.45) is 7.31. The van der Waals surface area contributed by atoms with Gasteiger partial charge in [-0.2, -0.15) is 0 Å². The number of hydrogen-bond donors (Lipinski definition) is 0. The predicted octanol–water partition coefficient (Wildman–Crippen LogP) is 5.15. The van der Waals surface area contributed by atoms with Crippen molar-refractivity contribution in [3.05, 3.63) is 47.6 Å². The number of carbonyl (C=O) groups is 2. The molecule has 0 aromatic rings. The zero-order valence-electron chi connectivity index (χ0n) is 15.9. The van der Waals surface area contributed by atoms with Crippen LogP contribution in [0.15, 0.2) is 47.6 Å². The Hall–Kier alpha value is -1.90. The monoisotopic (exact) mass is 342 g/mol. The molecule has 0 fully saturated rings. The van der Waals surface area contributed by atoms with Crippen LogP contribution in [0.3, 0.4) is 0 Å². The quantitative estimate of drug-likeness (QED) is 0.403. The molecule has 3 nitrogen and oxygen atoms in total. The molecule has 2 aliphatic carbocycles. The van der Waals surface area contributed by atoms with E-state index in [2.05, 4.69) is 25.3 Å². The first-order valence-corrected chi connectivity index (χ1v) is 9.10. The fourth-order valence-electron chi connectivity index (χ4n) is 3.68. The number of rotatable bonds is 4. The van der Waals surface area contributed by atoms with E-state index in [0.29, 0.717) is 12.8 Å². The van der Waals surface area contributed by atoms with Crippen LogP contribution < -0.4 is 0 Å². The second-order valence-electron chi connectivity index (χ2n) is 7.77. The normalized spacial score (nSPS) is 29.3. The van der Waals surface area contributed by atoms with E-state index in [9.17, 15) is 9.59 Å². The lowest BCUT2D eigenvalue weighted by molar-refractivity contribution is -0.164. The third-order valence-corrected chi connectivity index (χ3v) is 5.75. The Bertz CT molecular complexity index is 594. The van der Waals surface area contributed by atoms with Crippen LogP contribution in [0.1, 0.15) is 53.4 Å². The van der Waals surface area contributed by atoms with Crippen molar-refractivity contribution in [3.8, 4) is 0 Å². The summed E-state index contributed by atoms with van der Waals surface area (Å²) in [6, 6.07) is 0. The van der Waals surface area contributed by atoms with Crippen LogP contribution in [0.25, 0.3) is 0 Å². The van der Waals surface area contributed by atoms with Crippen LogP contribution in [-0.4, -0.2) is 11.9 Å². The molecule has 0 spiro atoms. The Balaban J connectivity index is 2.05. The van der Waals surface area contributed by atoms with Crippen molar-refractivity contribution in [2.24, 2.45) is 23.7 Å². The van der Waals surface area contributed by atoms with Crippen molar-refractivity contribution >= 4 is 11.9 Å². The van der Waals surface area contributed by atoms with Gasteiger partial charge in [0.2, 0.25) is 0 Å². The predicted molar refractivity (Wildman–Crippen MR) is 101 cm³/mol. The van der Waals surface area contributed by atoms with Gasteiger partial charge in [-0.1, -0.05) is 47.6 Å². The molecule has 0 unspecified atom stereocenters. The minimum Gasteiger partial charge on any atom is -0.392 e. The molecule has 0 amide bonds. The molecule has 0 saturated carbocycles. The van der Waals surface area contributed by atoms with E-state index < -0.39 is 11.9 Å². The first-order chi connectivity index (χ1) is 11.7.